The third-order valence-electron chi connectivity index (χ3n) is 2.84. The summed E-state index contributed by atoms with van der Waals surface area (Å²) in [5, 5.41) is 20.2. The molecule has 0 atom stereocenters. The summed E-state index contributed by atoms with van der Waals surface area (Å²) in [6.45, 7) is 4.91. The molecular weight excluding hydrogens is 270 g/mol. The van der Waals surface area contributed by atoms with Crippen LogP contribution in [-0.4, -0.2) is 26.4 Å². The van der Waals surface area contributed by atoms with E-state index in [9.17, 15) is 0 Å². The molecule has 0 radical (unpaired) electrons. The molecule has 0 spiro atoms. The highest BCUT2D eigenvalue weighted by atomic mass is 32.1. The number of hydrogen-bond acceptors (Lipinski definition) is 5. The first-order valence-corrected chi connectivity index (χ1v) is 7.30. The molecule has 0 aliphatic carbocycles. The molecule has 0 aliphatic rings. The quantitative estimate of drug-likeness (QED) is 0.748. The first-order chi connectivity index (χ1) is 9.74. The molecule has 0 aliphatic heterocycles. The molecule has 0 aromatic carbocycles. The van der Waals surface area contributed by atoms with Crippen molar-refractivity contribution in [1.29, 1.82) is 0 Å². The van der Waals surface area contributed by atoms with Gasteiger partial charge in [-0.15, -0.1) is 15.3 Å². The zero-order valence-corrected chi connectivity index (χ0v) is 12.2. The van der Waals surface area contributed by atoms with Gasteiger partial charge in [0.2, 0.25) is 0 Å². The molecule has 0 amide bonds. The fraction of sp³-hybridized carbons (Fsp3) is 0.214. The first kappa shape index (κ1) is 12.8. The number of thiophene rings is 1. The van der Waals surface area contributed by atoms with Gasteiger partial charge in [0.05, 0.1) is 0 Å². The monoisotopic (exact) mass is 285 g/mol. The van der Waals surface area contributed by atoms with Gasteiger partial charge >= 0.3 is 0 Å². The van der Waals surface area contributed by atoms with Gasteiger partial charge in [-0.1, -0.05) is 11.6 Å². The van der Waals surface area contributed by atoms with Crippen molar-refractivity contribution in [2.45, 2.75) is 13.8 Å². The van der Waals surface area contributed by atoms with Gasteiger partial charge in [-0.3, -0.25) is 0 Å². The van der Waals surface area contributed by atoms with E-state index in [2.05, 4.69) is 40.5 Å². The smallest absolute Gasteiger partial charge is 0.186 e. The predicted octanol–water partition coefficient (Wildman–Crippen LogP) is 3.23. The molecule has 3 heterocycles. The number of hydrogen-bond donors (Lipinski definition) is 1. The van der Waals surface area contributed by atoms with Gasteiger partial charge in [0.25, 0.3) is 0 Å². The number of nitrogens with one attached hydrogen (secondary N) is 1. The Morgan fingerprint density at radius 1 is 1.30 bits per heavy atom. The Bertz CT molecular complexity index is 738. The summed E-state index contributed by atoms with van der Waals surface area (Å²) in [6.07, 6.45) is 2.12. The average Bonchev–Trinajstić information content (AvgIpc) is 3.06. The summed E-state index contributed by atoms with van der Waals surface area (Å²) in [6, 6.07) is 5.85. The summed E-state index contributed by atoms with van der Waals surface area (Å²) >= 11 is 1.64. The Hall–Kier alpha value is -2.21. The Kier molecular flexibility index (Phi) is 3.47. The Labute approximate surface area is 121 Å². The first-order valence-electron chi connectivity index (χ1n) is 6.36. The molecule has 3 aromatic heterocycles. The Morgan fingerprint density at radius 3 is 2.95 bits per heavy atom. The fourth-order valence-corrected chi connectivity index (χ4v) is 2.45. The van der Waals surface area contributed by atoms with E-state index in [1.165, 1.54) is 5.57 Å². The fourth-order valence-electron chi connectivity index (χ4n) is 1.81. The lowest BCUT2D eigenvalue weighted by Crippen LogP contribution is -2.04. The van der Waals surface area contributed by atoms with Gasteiger partial charge in [0, 0.05) is 17.5 Å². The van der Waals surface area contributed by atoms with E-state index in [-0.39, 0.29) is 0 Å². The van der Waals surface area contributed by atoms with Crippen LogP contribution in [0, 0.1) is 0 Å². The van der Waals surface area contributed by atoms with Gasteiger partial charge < -0.3 is 5.32 Å². The summed E-state index contributed by atoms with van der Waals surface area (Å²) < 4.78 is 1.77. The van der Waals surface area contributed by atoms with Gasteiger partial charge in [0.15, 0.2) is 11.5 Å². The number of fused-ring (bicyclic) bond motifs is 1. The van der Waals surface area contributed by atoms with Crippen LogP contribution in [0.4, 0.5) is 5.82 Å². The highest BCUT2D eigenvalue weighted by molar-refractivity contribution is 7.08. The molecule has 0 saturated carbocycles. The lowest BCUT2D eigenvalue weighted by molar-refractivity contribution is 0.934. The highest BCUT2D eigenvalue weighted by Crippen LogP contribution is 2.20. The maximum Gasteiger partial charge on any atom is 0.186 e. The number of anilines is 1. The number of rotatable bonds is 4. The van der Waals surface area contributed by atoms with Crippen molar-refractivity contribution in [2.75, 3.05) is 11.9 Å². The normalized spacial score (nSPS) is 10.7. The summed E-state index contributed by atoms with van der Waals surface area (Å²) in [5.74, 6) is 1.58. The van der Waals surface area contributed by atoms with Crippen LogP contribution in [0.1, 0.15) is 13.8 Å². The standard InChI is InChI=1S/C14H15N5S/c1-10(2)5-7-15-12-3-4-13-16-17-14(19(13)18-12)11-6-8-20-9-11/h3-6,8-9H,7H2,1-2H3,(H,15,18). The minimum atomic E-state index is 0.749. The van der Waals surface area contributed by atoms with E-state index in [0.29, 0.717) is 0 Å². The molecule has 20 heavy (non-hydrogen) atoms. The minimum absolute atomic E-state index is 0.749. The maximum absolute atomic E-state index is 4.54. The van der Waals surface area contributed by atoms with Crippen molar-refractivity contribution < 1.29 is 0 Å². The van der Waals surface area contributed by atoms with Gasteiger partial charge in [-0.05, 0) is 37.4 Å². The van der Waals surface area contributed by atoms with Crippen LogP contribution in [0.3, 0.4) is 0 Å². The largest absolute Gasteiger partial charge is 0.365 e. The number of aromatic nitrogens is 4. The lowest BCUT2D eigenvalue weighted by Gasteiger charge is -2.03. The van der Waals surface area contributed by atoms with Crippen LogP contribution in [0.15, 0.2) is 40.6 Å². The lowest BCUT2D eigenvalue weighted by atomic mass is 10.3. The maximum atomic E-state index is 4.54. The van der Waals surface area contributed by atoms with E-state index in [4.69, 9.17) is 0 Å². The molecule has 6 heteroatoms. The van der Waals surface area contributed by atoms with Crippen molar-refractivity contribution >= 4 is 22.8 Å². The average molecular weight is 285 g/mol. The van der Waals surface area contributed by atoms with Crippen LogP contribution in [-0.2, 0) is 0 Å². The molecule has 3 rings (SSSR count). The van der Waals surface area contributed by atoms with Crippen molar-refractivity contribution in [3.05, 3.63) is 40.6 Å². The van der Waals surface area contributed by atoms with Gasteiger partial charge in [0.1, 0.15) is 5.82 Å². The minimum Gasteiger partial charge on any atom is -0.365 e. The van der Waals surface area contributed by atoms with Crippen LogP contribution in [0.2, 0.25) is 0 Å². The second-order valence-corrected chi connectivity index (χ2v) is 5.47. The second kappa shape index (κ2) is 5.42. The molecule has 0 fully saturated rings. The van der Waals surface area contributed by atoms with E-state index < -0.39 is 0 Å². The SMILES string of the molecule is CC(C)=CCNc1ccc2nnc(-c3ccsc3)n2n1. The Balaban J connectivity index is 1.93. The zero-order chi connectivity index (χ0) is 13.9. The van der Waals surface area contributed by atoms with Crippen LogP contribution in [0.5, 0.6) is 0 Å². The van der Waals surface area contributed by atoms with Gasteiger partial charge in [-0.2, -0.15) is 15.9 Å². The highest BCUT2D eigenvalue weighted by Gasteiger charge is 2.09. The third kappa shape index (κ3) is 2.55. The molecule has 1 N–H and O–H groups in total. The molecule has 0 bridgehead atoms. The van der Waals surface area contributed by atoms with Crippen molar-refractivity contribution in [2.24, 2.45) is 0 Å². The molecule has 5 nitrogen and oxygen atoms in total. The molecule has 3 aromatic rings. The third-order valence-corrected chi connectivity index (χ3v) is 3.52. The van der Waals surface area contributed by atoms with Crippen molar-refractivity contribution in [3.63, 3.8) is 0 Å². The van der Waals surface area contributed by atoms with Crippen LogP contribution >= 0.6 is 11.3 Å². The number of allylic oxidation sites excluding steroid dienone is 1. The number of nitrogens with zero attached hydrogens (tertiary/aromatic N) is 4. The van der Waals surface area contributed by atoms with Crippen LogP contribution in [0.25, 0.3) is 17.0 Å². The molecule has 0 unspecified atom stereocenters. The topological polar surface area (TPSA) is 55.1 Å². The van der Waals surface area contributed by atoms with Crippen LogP contribution < -0.4 is 5.32 Å². The molecule has 102 valence electrons. The summed E-state index contributed by atoms with van der Waals surface area (Å²) in [4.78, 5) is 0. The molecule has 0 saturated heterocycles. The second-order valence-electron chi connectivity index (χ2n) is 4.69. The van der Waals surface area contributed by atoms with E-state index in [0.717, 1.165) is 29.4 Å². The molecular formula is C14H15N5S. The zero-order valence-electron chi connectivity index (χ0n) is 11.4. The summed E-state index contributed by atoms with van der Waals surface area (Å²) in [5.41, 5.74) is 3.07. The summed E-state index contributed by atoms with van der Waals surface area (Å²) in [7, 11) is 0. The van der Waals surface area contributed by atoms with E-state index >= 15 is 0 Å². The van der Waals surface area contributed by atoms with Gasteiger partial charge in [-0.25, -0.2) is 0 Å². The Morgan fingerprint density at radius 2 is 2.20 bits per heavy atom. The van der Waals surface area contributed by atoms with E-state index in [1.807, 2.05) is 29.0 Å². The van der Waals surface area contributed by atoms with E-state index in [1.54, 1.807) is 15.9 Å². The van der Waals surface area contributed by atoms with Crippen molar-refractivity contribution in [3.8, 4) is 11.4 Å². The van der Waals surface area contributed by atoms with Crippen molar-refractivity contribution in [1.82, 2.24) is 19.8 Å². The predicted molar refractivity (Wildman–Crippen MR) is 82.0 cm³/mol.